The van der Waals surface area contributed by atoms with E-state index in [4.69, 9.17) is 18.9 Å². The standard InChI is InChI=1S/C23H38N4O4S/c1-16(2)18-12-19(21(31-15-29-8)13-20(18)30-14-28-7)22-24-25-23(27(22)17(3)4)32-11-9-10-26(5)6/h12-13,16-17H,9-11,14-15H2,1-8H3. The molecule has 9 heteroatoms. The predicted molar refractivity (Wildman–Crippen MR) is 129 cm³/mol. The Balaban J connectivity index is 2.50. The van der Waals surface area contributed by atoms with Gasteiger partial charge in [0.15, 0.2) is 24.6 Å². The molecule has 1 heterocycles. The minimum atomic E-state index is 0.125. The van der Waals surface area contributed by atoms with Crippen LogP contribution in [0.25, 0.3) is 11.4 Å². The Hall–Kier alpha value is -1.81. The first-order valence-electron chi connectivity index (χ1n) is 10.9. The lowest BCUT2D eigenvalue weighted by Crippen LogP contribution is -2.13. The Morgan fingerprint density at radius 3 is 2.19 bits per heavy atom. The Morgan fingerprint density at radius 2 is 1.62 bits per heavy atom. The third kappa shape index (κ3) is 7.10. The summed E-state index contributed by atoms with van der Waals surface area (Å²) in [6.45, 7) is 9.89. The van der Waals surface area contributed by atoms with E-state index < -0.39 is 0 Å². The van der Waals surface area contributed by atoms with E-state index in [0.29, 0.717) is 5.75 Å². The molecule has 0 atom stereocenters. The highest BCUT2D eigenvalue weighted by atomic mass is 32.2. The predicted octanol–water partition coefficient (Wildman–Crippen LogP) is 4.66. The van der Waals surface area contributed by atoms with Crippen LogP contribution in [-0.2, 0) is 9.47 Å². The first-order valence-corrected chi connectivity index (χ1v) is 11.9. The second-order valence-electron chi connectivity index (χ2n) is 8.42. The van der Waals surface area contributed by atoms with Crippen molar-refractivity contribution < 1.29 is 18.9 Å². The zero-order valence-electron chi connectivity index (χ0n) is 20.7. The third-order valence-electron chi connectivity index (χ3n) is 4.80. The van der Waals surface area contributed by atoms with E-state index in [-0.39, 0.29) is 25.5 Å². The summed E-state index contributed by atoms with van der Waals surface area (Å²) in [6, 6.07) is 4.18. The largest absolute Gasteiger partial charge is 0.467 e. The van der Waals surface area contributed by atoms with E-state index in [1.54, 1.807) is 26.0 Å². The molecule has 0 spiro atoms. The smallest absolute Gasteiger partial charge is 0.191 e. The fourth-order valence-electron chi connectivity index (χ4n) is 3.26. The quantitative estimate of drug-likeness (QED) is 0.226. The van der Waals surface area contributed by atoms with Crippen molar-refractivity contribution in [2.75, 3.05) is 54.2 Å². The van der Waals surface area contributed by atoms with Crippen molar-refractivity contribution >= 4 is 11.8 Å². The number of ether oxygens (including phenoxy) is 4. The summed E-state index contributed by atoms with van der Waals surface area (Å²) in [6.07, 6.45) is 1.09. The Morgan fingerprint density at radius 1 is 0.969 bits per heavy atom. The summed E-state index contributed by atoms with van der Waals surface area (Å²) in [5, 5.41) is 10.0. The summed E-state index contributed by atoms with van der Waals surface area (Å²) in [5.41, 5.74) is 1.93. The van der Waals surface area contributed by atoms with Crippen LogP contribution in [0.2, 0.25) is 0 Å². The van der Waals surface area contributed by atoms with Crippen molar-refractivity contribution in [3.8, 4) is 22.9 Å². The van der Waals surface area contributed by atoms with Gasteiger partial charge in [0, 0.05) is 32.1 Å². The van der Waals surface area contributed by atoms with E-state index in [9.17, 15) is 0 Å². The molecular formula is C23H38N4O4S. The molecule has 1 aromatic heterocycles. The molecule has 0 saturated heterocycles. The molecule has 0 radical (unpaired) electrons. The monoisotopic (exact) mass is 466 g/mol. The second kappa shape index (κ2) is 13.0. The van der Waals surface area contributed by atoms with Crippen molar-refractivity contribution in [3.63, 3.8) is 0 Å². The molecule has 2 rings (SSSR count). The summed E-state index contributed by atoms with van der Waals surface area (Å²) in [5.74, 6) is 3.37. The van der Waals surface area contributed by atoms with Crippen LogP contribution in [-0.4, -0.2) is 73.9 Å². The minimum Gasteiger partial charge on any atom is -0.467 e. The average molecular weight is 467 g/mol. The average Bonchev–Trinajstić information content (AvgIpc) is 3.17. The van der Waals surface area contributed by atoms with Crippen LogP contribution >= 0.6 is 11.8 Å². The van der Waals surface area contributed by atoms with Gasteiger partial charge in [0.25, 0.3) is 0 Å². The van der Waals surface area contributed by atoms with E-state index in [1.165, 1.54) is 0 Å². The van der Waals surface area contributed by atoms with E-state index in [2.05, 4.69) is 67.5 Å². The number of thioether (sulfide) groups is 1. The summed E-state index contributed by atoms with van der Waals surface area (Å²) < 4.78 is 24.2. The van der Waals surface area contributed by atoms with Gasteiger partial charge in [0.05, 0.1) is 5.56 Å². The lowest BCUT2D eigenvalue weighted by Gasteiger charge is -2.20. The number of rotatable bonds is 14. The van der Waals surface area contributed by atoms with Gasteiger partial charge >= 0.3 is 0 Å². The third-order valence-corrected chi connectivity index (χ3v) is 5.83. The molecule has 0 aliphatic rings. The van der Waals surface area contributed by atoms with Crippen molar-refractivity contribution in [1.82, 2.24) is 19.7 Å². The van der Waals surface area contributed by atoms with Gasteiger partial charge in [-0.1, -0.05) is 25.6 Å². The summed E-state index contributed by atoms with van der Waals surface area (Å²) >= 11 is 1.74. The second-order valence-corrected chi connectivity index (χ2v) is 9.48. The van der Waals surface area contributed by atoms with Crippen molar-refractivity contribution in [2.24, 2.45) is 0 Å². The van der Waals surface area contributed by atoms with E-state index in [1.807, 2.05) is 6.07 Å². The Labute approximate surface area is 196 Å². The van der Waals surface area contributed by atoms with Gasteiger partial charge in [-0.05, 0) is 58.5 Å². The van der Waals surface area contributed by atoms with Crippen molar-refractivity contribution in [2.45, 2.75) is 51.2 Å². The highest BCUT2D eigenvalue weighted by Gasteiger charge is 2.23. The number of benzene rings is 1. The van der Waals surface area contributed by atoms with Crippen LogP contribution in [0, 0.1) is 0 Å². The molecule has 0 saturated carbocycles. The Kier molecular flexibility index (Phi) is 10.8. The lowest BCUT2D eigenvalue weighted by atomic mass is 9.98. The lowest BCUT2D eigenvalue weighted by molar-refractivity contribution is 0.0457. The summed E-state index contributed by atoms with van der Waals surface area (Å²) in [7, 11) is 7.39. The molecule has 0 unspecified atom stereocenters. The zero-order chi connectivity index (χ0) is 23.7. The Bertz CT molecular complexity index is 840. The molecule has 0 aliphatic heterocycles. The van der Waals surface area contributed by atoms with Crippen LogP contribution in [0.4, 0.5) is 0 Å². The van der Waals surface area contributed by atoms with Gasteiger partial charge in [-0.3, -0.25) is 4.57 Å². The number of aromatic nitrogens is 3. The number of methoxy groups -OCH3 is 2. The molecule has 0 amide bonds. The fraction of sp³-hybridized carbons (Fsp3) is 0.652. The topological polar surface area (TPSA) is 70.9 Å². The maximum atomic E-state index is 5.93. The first-order chi connectivity index (χ1) is 15.3. The minimum absolute atomic E-state index is 0.125. The molecule has 1 aromatic carbocycles. The molecule has 180 valence electrons. The van der Waals surface area contributed by atoms with Gasteiger partial charge < -0.3 is 23.8 Å². The normalized spacial score (nSPS) is 11.7. The molecule has 32 heavy (non-hydrogen) atoms. The molecule has 0 fully saturated rings. The van der Waals surface area contributed by atoms with E-state index in [0.717, 1.165) is 46.6 Å². The molecule has 0 bridgehead atoms. The highest BCUT2D eigenvalue weighted by Crippen LogP contribution is 2.40. The fourth-order valence-corrected chi connectivity index (χ4v) is 4.25. The van der Waals surface area contributed by atoms with Crippen LogP contribution in [0.1, 0.15) is 51.6 Å². The van der Waals surface area contributed by atoms with Crippen LogP contribution in [0.3, 0.4) is 0 Å². The number of hydrogen-bond donors (Lipinski definition) is 0. The highest BCUT2D eigenvalue weighted by molar-refractivity contribution is 7.99. The SMILES string of the molecule is COCOc1cc(OCOC)c(C(C)C)cc1-c1nnc(SCCCN(C)C)n1C(C)C. The maximum absolute atomic E-state index is 5.93. The van der Waals surface area contributed by atoms with Gasteiger partial charge in [0.1, 0.15) is 11.5 Å². The maximum Gasteiger partial charge on any atom is 0.191 e. The summed E-state index contributed by atoms with van der Waals surface area (Å²) in [4.78, 5) is 2.19. The van der Waals surface area contributed by atoms with E-state index >= 15 is 0 Å². The van der Waals surface area contributed by atoms with Gasteiger partial charge in [-0.15, -0.1) is 10.2 Å². The van der Waals surface area contributed by atoms with Crippen LogP contribution < -0.4 is 9.47 Å². The van der Waals surface area contributed by atoms with Crippen LogP contribution in [0.15, 0.2) is 17.3 Å². The van der Waals surface area contributed by atoms with Crippen molar-refractivity contribution in [3.05, 3.63) is 17.7 Å². The molecule has 8 nitrogen and oxygen atoms in total. The number of nitrogens with zero attached hydrogens (tertiary/aromatic N) is 4. The first kappa shape index (κ1) is 26.4. The number of hydrogen-bond acceptors (Lipinski definition) is 8. The molecule has 2 aromatic rings. The van der Waals surface area contributed by atoms with Gasteiger partial charge in [-0.2, -0.15) is 0 Å². The molecule has 0 aliphatic carbocycles. The van der Waals surface area contributed by atoms with Gasteiger partial charge in [0.2, 0.25) is 0 Å². The molecule has 0 N–H and O–H groups in total. The van der Waals surface area contributed by atoms with Crippen molar-refractivity contribution in [1.29, 1.82) is 0 Å². The van der Waals surface area contributed by atoms with Gasteiger partial charge in [-0.25, -0.2) is 0 Å². The van der Waals surface area contributed by atoms with Crippen LogP contribution in [0.5, 0.6) is 11.5 Å². The molecular weight excluding hydrogens is 428 g/mol. The zero-order valence-corrected chi connectivity index (χ0v) is 21.5.